The van der Waals surface area contributed by atoms with Crippen molar-refractivity contribution in [1.29, 1.82) is 0 Å². The van der Waals surface area contributed by atoms with Crippen molar-refractivity contribution in [3.63, 3.8) is 0 Å². The molecule has 0 fully saturated rings. The molecule has 3 nitrogen and oxygen atoms in total. The van der Waals surface area contributed by atoms with E-state index in [-0.39, 0.29) is 5.82 Å². The second-order valence-electron chi connectivity index (χ2n) is 4.29. The van der Waals surface area contributed by atoms with Gasteiger partial charge in [-0.15, -0.1) is 0 Å². The molecule has 0 bridgehead atoms. The minimum absolute atomic E-state index is 0.345. The molecule has 1 aromatic heterocycles. The van der Waals surface area contributed by atoms with Gasteiger partial charge in [-0.2, -0.15) is 0 Å². The second-order valence-corrected chi connectivity index (χ2v) is 4.29. The molecule has 0 aliphatic rings. The molecule has 2 rings (SSSR count). The Hall–Kier alpha value is -1.81. The predicted octanol–water partition coefficient (Wildman–Crippen LogP) is 3.11. The maximum absolute atomic E-state index is 13.9. The fourth-order valence-electron chi connectivity index (χ4n) is 1.99. The van der Waals surface area contributed by atoms with Crippen LogP contribution in [0.1, 0.15) is 24.4 Å². The van der Waals surface area contributed by atoms with Gasteiger partial charge < -0.3 is 14.4 Å². The van der Waals surface area contributed by atoms with E-state index < -0.39 is 6.10 Å². The van der Waals surface area contributed by atoms with E-state index in [1.165, 1.54) is 6.07 Å². The molecule has 0 spiro atoms. The van der Waals surface area contributed by atoms with Crippen LogP contribution in [-0.2, 0) is 6.54 Å². The van der Waals surface area contributed by atoms with Gasteiger partial charge in [-0.3, -0.25) is 0 Å². The van der Waals surface area contributed by atoms with Crippen LogP contribution in [0, 0.1) is 5.82 Å². The molecule has 0 radical (unpaired) electrons. The lowest BCUT2D eigenvalue weighted by Crippen LogP contribution is -2.19. The first-order chi connectivity index (χ1) is 8.59. The largest absolute Gasteiger partial charge is 0.467 e. The Bertz CT molecular complexity index is 509. The quantitative estimate of drug-likeness (QED) is 0.904. The highest BCUT2D eigenvalue weighted by molar-refractivity contribution is 5.55. The number of hydrogen-bond acceptors (Lipinski definition) is 3. The summed E-state index contributed by atoms with van der Waals surface area (Å²) in [6.45, 7) is 2.08. The van der Waals surface area contributed by atoms with Gasteiger partial charge in [0.25, 0.3) is 0 Å². The predicted molar refractivity (Wildman–Crippen MR) is 67.8 cm³/mol. The maximum Gasteiger partial charge on any atom is 0.146 e. The van der Waals surface area contributed by atoms with Crippen LogP contribution in [0.4, 0.5) is 10.1 Å². The average Bonchev–Trinajstić information content (AvgIpc) is 2.81. The van der Waals surface area contributed by atoms with E-state index in [0.29, 0.717) is 17.8 Å². The lowest BCUT2D eigenvalue weighted by atomic mass is 10.1. The molecule has 2 aromatic rings. The Labute approximate surface area is 105 Å². The van der Waals surface area contributed by atoms with E-state index in [1.807, 2.05) is 6.07 Å². The van der Waals surface area contributed by atoms with Gasteiger partial charge in [0.2, 0.25) is 0 Å². The molecular weight excluding hydrogens is 233 g/mol. The molecule has 0 aliphatic carbocycles. The van der Waals surface area contributed by atoms with Gasteiger partial charge in [0.1, 0.15) is 11.6 Å². The SMILES string of the molecule is C[C@@H](O)c1cccc(F)c1N(C)Cc1ccco1. The smallest absolute Gasteiger partial charge is 0.146 e. The van der Waals surface area contributed by atoms with E-state index in [2.05, 4.69) is 0 Å². The van der Waals surface area contributed by atoms with Crippen molar-refractivity contribution in [1.82, 2.24) is 0 Å². The molecule has 96 valence electrons. The van der Waals surface area contributed by atoms with Crippen molar-refractivity contribution in [2.75, 3.05) is 11.9 Å². The van der Waals surface area contributed by atoms with E-state index in [4.69, 9.17) is 4.42 Å². The van der Waals surface area contributed by atoms with Crippen LogP contribution in [0.15, 0.2) is 41.0 Å². The van der Waals surface area contributed by atoms with Gasteiger partial charge in [0.05, 0.1) is 24.6 Å². The van der Waals surface area contributed by atoms with Crippen molar-refractivity contribution in [2.24, 2.45) is 0 Å². The third kappa shape index (κ3) is 2.54. The summed E-state index contributed by atoms with van der Waals surface area (Å²) in [4.78, 5) is 1.73. The minimum Gasteiger partial charge on any atom is -0.467 e. The number of para-hydroxylation sites is 1. The first-order valence-electron chi connectivity index (χ1n) is 5.79. The molecule has 1 heterocycles. The van der Waals surface area contributed by atoms with Crippen LogP contribution in [0.25, 0.3) is 0 Å². The summed E-state index contributed by atoms with van der Waals surface area (Å²) in [5.41, 5.74) is 0.980. The summed E-state index contributed by atoms with van der Waals surface area (Å²) >= 11 is 0. The molecular formula is C14H16FNO2. The van der Waals surface area contributed by atoms with Crippen LogP contribution in [-0.4, -0.2) is 12.2 Å². The summed E-state index contributed by atoms with van der Waals surface area (Å²) in [6.07, 6.45) is 0.870. The number of aliphatic hydroxyl groups excluding tert-OH is 1. The number of furan rings is 1. The number of hydrogen-bond donors (Lipinski definition) is 1. The normalized spacial score (nSPS) is 12.4. The molecule has 18 heavy (non-hydrogen) atoms. The topological polar surface area (TPSA) is 36.6 Å². The molecule has 0 unspecified atom stereocenters. The highest BCUT2D eigenvalue weighted by Gasteiger charge is 2.16. The van der Waals surface area contributed by atoms with Crippen molar-refractivity contribution in [2.45, 2.75) is 19.6 Å². The summed E-state index contributed by atoms with van der Waals surface area (Å²) in [5.74, 6) is 0.403. The molecule has 1 aromatic carbocycles. The van der Waals surface area contributed by atoms with Gasteiger partial charge in [-0.1, -0.05) is 12.1 Å². The Morgan fingerprint density at radius 1 is 1.33 bits per heavy atom. The average molecular weight is 249 g/mol. The lowest BCUT2D eigenvalue weighted by molar-refractivity contribution is 0.199. The molecule has 0 saturated heterocycles. The summed E-state index contributed by atoms with van der Waals surface area (Å²) < 4.78 is 19.1. The molecule has 4 heteroatoms. The highest BCUT2D eigenvalue weighted by Crippen LogP contribution is 2.29. The number of nitrogens with zero attached hydrogens (tertiary/aromatic N) is 1. The van der Waals surface area contributed by atoms with Crippen LogP contribution in [0.2, 0.25) is 0 Å². The van der Waals surface area contributed by atoms with Crippen molar-refractivity contribution < 1.29 is 13.9 Å². The third-order valence-corrected chi connectivity index (χ3v) is 2.82. The highest BCUT2D eigenvalue weighted by atomic mass is 19.1. The van der Waals surface area contributed by atoms with Crippen LogP contribution in [0.3, 0.4) is 0 Å². The van der Waals surface area contributed by atoms with E-state index >= 15 is 0 Å². The van der Waals surface area contributed by atoms with Crippen LogP contribution >= 0.6 is 0 Å². The van der Waals surface area contributed by atoms with Gasteiger partial charge in [-0.05, 0) is 25.1 Å². The van der Waals surface area contributed by atoms with Crippen molar-refractivity contribution in [3.05, 3.63) is 53.7 Å². The molecule has 0 saturated carbocycles. The van der Waals surface area contributed by atoms with E-state index in [0.717, 1.165) is 5.76 Å². The fourth-order valence-corrected chi connectivity index (χ4v) is 1.99. The standard InChI is InChI=1S/C14H16FNO2/c1-10(17)12-6-3-7-13(15)14(12)16(2)9-11-5-4-8-18-11/h3-8,10,17H,9H2,1-2H3/t10-/m1/s1. The molecule has 0 aliphatic heterocycles. The Morgan fingerprint density at radius 2 is 2.11 bits per heavy atom. The van der Waals surface area contributed by atoms with Crippen molar-refractivity contribution >= 4 is 5.69 Å². The summed E-state index contributed by atoms with van der Waals surface area (Å²) in [5, 5.41) is 9.69. The van der Waals surface area contributed by atoms with Gasteiger partial charge in [0.15, 0.2) is 0 Å². The Balaban J connectivity index is 2.31. The number of halogens is 1. The molecule has 1 atom stereocenters. The van der Waals surface area contributed by atoms with E-state index in [9.17, 15) is 9.50 Å². The van der Waals surface area contributed by atoms with Gasteiger partial charge in [-0.25, -0.2) is 4.39 Å². The van der Waals surface area contributed by atoms with E-state index in [1.54, 1.807) is 43.3 Å². The minimum atomic E-state index is -0.713. The first kappa shape index (κ1) is 12.6. The first-order valence-corrected chi connectivity index (χ1v) is 5.79. The van der Waals surface area contributed by atoms with Crippen LogP contribution < -0.4 is 4.90 Å². The second kappa shape index (κ2) is 5.23. The summed E-state index contributed by atoms with van der Waals surface area (Å²) in [6, 6.07) is 8.34. The fraction of sp³-hybridized carbons (Fsp3) is 0.286. The van der Waals surface area contributed by atoms with Gasteiger partial charge in [0, 0.05) is 12.6 Å². The van der Waals surface area contributed by atoms with Crippen LogP contribution in [0.5, 0.6) is 0 Å². The number of aliphatic hydroxyl groups is 1. The number of benzene rings is 1. The lowest BCUT2D eigenvalue weighted by Gasteiger charge is -2.23. The monoisotopic (exact) mass is 249 g/mol. The molecule has 1 N–H and O–H groups in total. The zero-order valence-electron chi connectivity index (χ0n) is 10.4. The molecule has 0 amide bonds. The summed E-state index contributed by atoms with van der Waals surface area (Å²) in [7, 11) is 1.77. The number of rotatable bonds is 4. The maximum atomic E-state index is 13.9. The Morgan fingerprint density at radius 3 is 2.72 bits per heavy atom. The zero-order valence-corrected chi connectivity index (χ0v) is 10.4. The number of anilines is 1. The van der Waals surface area contributed by atoms with Crippen molar-refractivity contribution in [3.8, 4) is 0 Å². The third-order valence-electron chi connectivity index (χ3n) is 2.82. The zero-order chi connectivity index (χ0) is 13.1. The Kier molecular flexibility index (Phi) is 3.67. The van der Waals surface area contributed by atoms with Gasteiger partial charge >= 0.3 is 0 Å².